The Morgan fingerprint density at radius 3 is 2.47 bits per heavy atom. The third-order valence-electron chi connectivity index (χ3n) is 2.49. The van der Waals surface area contributed by atoms with E-state index in [2.05, 4.69) is 20.9 Å². The van der Waals surface area contributed by atoms with Crippen LogP contribution >= 0.6 is 27.5 Å². The molecule has 2 aromatic rings. The quantitative estimate of drug-likeness (QED) is 0.780. The van der Waals surface area contributed by atoms with Crippen molar-refractivity contribution in [2.75, 3.05) is 5.73 Å². The molecule has 0 spiro atoms. The maximum atomic E-state index is 12.7. The molecule has 2 rings (SSSR count). The van der Waals surface area contributed by atoms with Crippen molar-refractivity contribution in [2.45, 2.75) is 13.1 Å². The van der Waals surface area contributed by atoms with E-state index in [1.54, 1.807) is 18.2 Å². The Hall–Kier alpha value is -1.21. The minimum atomic E-state index is -4.60. The van der Waals surface area contributed by atoms with Gasteiger partial charge in [0.2, 0.25) is 0 Å². The van der Waals surface area contributed by atoms with Crippen molar-refractivity contribution in [1.82, 2.24) is 9.55 Å². The first-order valence-corrected chi connectivity index (χ1v) is 6.26. The van der Waals surface area contributed by atoms with E-state index in [9.17, 15) is 13.2 Å². The van der Waals surface area contributed by atoms with Gasteiger partial charge in [0.25, 0.3) is 0 Å². The highest BCUT2D eigenvalue weighted by atomic mass is 79.9. The van der Waals surface area contributed by atoms with Gasteiger partial charge in [0, 0.05) is 4.47 Å². The summed E-state index contributed by atoms with van der Waals surface area (Å²) in [6, 6.07) is 4.81. The molecule has 0 unspecified atom stereocenters. The number of hydrogen-bond donors (Lipinski definition) is 1. The Labute approximate surface area is 120 Å². The number of imidazole rings is 1. The average molecular weight is 355 g/mol. The second-order valence-corrected chi connectivity index (χ2v) is 5.11. The van der Waals surface area contributed by atoms with Gasteiger partial charge in [0.05, 0.1) is 11.4 Å². The molecule has 0 saturated heterocycles. The molecule has 0 aliphatic carbocycles. The first kappa shape index (κ1) is 14.2. The van der Waals surface area contributed by atoms with Crippen LogP contribution in [0, 0.1) is 6.92 Å². The van der Waals surface area contributed by atoms with E-state index < -0.39 is 17.0 Å². The van der Waals surface area contributed by atoms with Crippen molar-refractivity contribution in [3.63, 3.8) is 0 Å². The van der Waals surface area contributed by atoms with Crippen LogP contribution in [-0.4, -0.2) is 9.55 Å². The van der Waals surface area contributed by atoms with Crippen molar-refractivity contribution in [3.05, 3.63) is 39.3 Å². The van der Waals surface area contributed by atoms with Gasteiger partial charge in [-0.1, -0.05) is 27.5 Å². The molecule has 0 atom stereocenters. The number of aryl methyl sites for hydroxylation is 1. The van der Waals surface area contributed by atoms with Crippen molar-refractivity contribution < 1.29 is 13.2 Å². The molecule has 1 heterocycles. The largest absolute Gasteiger partial charge is 0.436 e. The summed E-state index contributed by atoms with van der Waals surface area (Å²) < 4.78 is 40.1. The SMILES string of the molecule is Cc1nc(C(F)(F)F)c(Cl)n1-c1ccc(Br)cc1N. The summed E-state index contributed by atoms with van der Waals surface area (Å²) in [6.45, 7) is 1.43. The first-order chi connectivity index (χ1) is 8.71. The van der Waals surface area contributed by atoms with Crippen molar-refractivity contribution in [1.29, 1.82) is 0 Å². The molecule has 1 aromatic carbocycles. The summed E-state index contributed by atoms with van der Waals surface area (Å²) in [5.41, 5.74) is 5.33. The van der Waals surface area contributed by atoms with Crippen LogP contribution in [0.3, 0.4) is 0 Å². The van der Waals surface area contributed by atoms with Gasteiger partial charge >= 0.3 is 6.18 Å². The zero-order chi connectivity index (χ0) is 14.4. The maximum Gasteiger partial charge on any atom is 0.436 e. The summed E-state index contributed by atoms with van der Waals surface area (Å²) in [6.07, 6.45) is -4.60. The van der Waals surface area contributed by atoms with Gasteiger partial charge in [-0.3, -0.25) is 4.57 Å². The third kappa shape index (κ3) is 2.57. The third-order valence-corrected chi connectivity index (χ3v) is 3.33. The molecule has 0 fully saturated rings. The van der Waals surface area contributed by atoms with Crippen LogP contribution in [0.5, 0.6) is 0 Å². The molecule has 0 aliphatic heterocycles. The number of nitrogen functional groups attached to an aromatic ring is 1. The number of anilines is 1. The molecule has 0 aliphatic rings. The predicted molar refractivity (Wildman–Crippen MR) is 70.4 cm³/mol. The van der Waals surface area contributed by atoms with Gasteiger partial charge in [-0.2, -0.15) is 13.2 Å². The Balaban J connectivity index is 2.67. The van der Waals surface area contributed by atoms with E-state index in [0.717, 1.165) is 4.47 Å². The van der Waals surface area contributed by atoms with Gasteiger partial charge < -0.3 is 5.73 Å². The van der Waals surface area contributed by atoms with Crippen LogP contribution in [0.15, 0.2) is 22.7 Å². The molecule has 1 aromatic heterocycles. The van der Waals surface area contributed by atoms with Gasteiger partial charge in [-0.05, 0) is 25.1 Å². The molecular weight excluding hydrogens is 346 g/mol. The molecule has 0 radical (unpaired) electrons. The lowest BCUT2D eigenvalue weighted by Crippen LogP contribution is -2.07. The minimum absolute atomic E-state index is 0.117. The molecule has 102 valence electrons. The highest BCUT2D eigenvalue weighted by Crippen LogP contribution is 2.37. The van der Waals surface area contributed by atoms with E-state index in [0.29, 0.717) is 11.4 Å². The van der Waals surface area contributed by atoms with E-state index in [-0.39, 0.29) is 5.82 Å². The fraction of sp³-hybridized carbons (Fsp3) is 0.182. The number of rotatable bonds is 1. The molecule has 2 N–H and O–H groups in total. The Kier molecular flexibility index (Phi) is 3.53. The van der Waals surface area contributed by atoms with Gasteiger partial charge in [0.15, 0.2) is 5.69 Å². The summed E-state index contributed by atoms with van der Waals surface area (Å²) in [4.78, 5) is 3.46. The highest BCUT2D eigenvalue weighted by molar-refractivity contribution is 9.10. The van der Waals surface area contributed by atoms with Gasteiger partial charge in [-0.15, -0.1) is 0 Å². The number of aromatic nitrogens is 2. The Bertz CT molecular complexity index is 637. The Morgan fingerprint density at radius 1 is 1.37 bits per heavy atom. The predicted octanol–water partition coefficient (Wildman–Crippen LogP) is 4.20. The van der Waals surface area contributed by atoms with Crippen LogP contribution in [0.1, 0.15) is 11.5 Å². The normalized spacial score (nSPS) is 11.9. The second kappa shape index (κ2) is 4.72. The zero-order valence-electron chi connectivity index (χ0n) is 9.59. The van der Waals surface area contributed by atoms with Crippen LogP contribution in [0.4, 0.5) is 18.9 Å². The smallest absolute Gasteiger partial charge is 0.397 e. The topological polar surface area (TPSA) is 43.8 Å². The molecule has 0 amide bonds. The molecule has 3 nitrogen and oxygen atoms in total. The second-order valence-electron chi connectivity index (χ2n) is 3.83. The van der Waals surface area contributed by atoms with Crippen molar-refractivity contribution in [3.8, 4) is 5.69 Å². The standard InChI is InChI=1S/C11H8BrClF3N3/c1-5-18-9(11(14,15)16)10(13)19(5)8-3-2-6(12)4-7(8)17/h2-4H,17H2,1H3. The fourth-order valence-electron chi connectivity index (χ4n) is 1.70. The summed E-state index contributed by atoms with van der Waals surface area (Å²) in [5.74, 6) is 0.117. The lowest BCUT2D eigenvalue weighted by Gasteiger charge is -2.10. The number of nitrogens with two attached hydrogens (primary N) is 1. The Morgan fingerprint density at radius 2 is 2.00 bits per heavy atom. The molecular formula is C11H8BrClF3N3. The number of nitrogens with zero attached hydrogens (tertiary/aromatic N) is 2. The summed E-state index contributed by atoms with van der Waals surface area (Å²) in [7, 11) is 0. The van der Waals surface area contributed by atoms with Crippen LogP contribution < -0.4 is 5.73 Å². The first-order valence-electron chi connectivity index (χ1n) is 5.09. The minimum Gasteiger partial charge on any atom is -0.397 e. The van der Waals surface area contributed by atoms with E-state index in [1.165, 1.54) is 11.5 Å². The summed E-state index contributed by atoms with van der Waals surface area (Å²) >= 11 is 9.00. The maximum absolute atomic E-state index is 12.7. The number of halogens is 5. The lowest BCUT2D eigenvalue weighted by molar-refractivity contribution is -0.140. The average Bonchev–Trinajstić information content (AvgIpc) is 2.55. The van der Waals surface area contributed by atoms with Crippen LogP contribution in [0.25, 0.3) is 5.69 Å². The summed E-state index contributed by atoms with van der Waals surface area (Å²) in [5, 5.41) is -0.501. The molecule has 0 bridgehead atoms. The van der Waals surface area contributed by atoms with Gasteiger partial charge in [-0.25, -0.2) is 4.98 Å². The van der Waals surface area contributed by atoms with Crippen LogP contribution in [0.2, 0.25) is 5.15 Å². The van der Waals surface area contributed by atoms with Crippen LogP contribution in [-0.2, 0) is 6.18 Å². The van der Waals surface area contributed by atoms with Crippen molar-refractivity contribution in [2.24, 2.45) is 0 Å². The van der Waals surface area contributed by atoms with E-state index >= 15 is 0 Å². The van der Waals surface area contributed by atoms with Crippen molar-refractivity contribution >= 4 is 33.2 Å². The molecule has 19 heavy (non-hydrogen) atoms. The zero-order valence-corrected chi connectivity index (χ0v) is 11.9. The van der Waals surface area contributed by atoms with E-state index in [4.69, 9.17) is 17.3 Å². The van der Waals surface area contributed by atoms with Gasteiger partial charge in [0.1, 0.15) is 11.0 Å². The number of hydrogen-bond acceptors (Lipinski definition) is 2. The van der Waals surface area contributed by atoms with E-state index in [1.807, 2.05) is 0 Å². The molecule has 8 heteroatoms. The fourth-order valence-corrected chi connectivity index (χ4v) is 2.44. The lowest BCUT2D eigenvalue weighted by atomic mass is 10.2. The molecule has 0 saturated carbocycles. The number of benzene rings is 1. The highest BCUT2D eigenvalue weighted by Gasteiger charge is 2.38. The monoisotopic (exact) mass is 353 g/mol. The number of alkyl halides is 3.